The quantitative estimate of drug-likeness (QED) is 0.792. The van der Waals surface area contributed by atoms with Crippen molar-refractivity contribution in [3.63, 3.8) is 0 Å². The molecule has 0 aliphatic carbocycles. The van der Waals surface area contributed by atoms with E-state index < -0.39 is 0 Å². The van der Waals surface area contributed by atoms with Crippen molar-refractivity contribution in [2.24, 2.45) is 0 Å². The lowest BCUT2D eigenvalue weighted by Gasteiger charge is -2.22. The van der Waals surface area contributed by atoms with E-state index in [4.69, 9.17) is 0 Å². The zero-order valence-corrected chi connectivity index (χ0v) is 9.49. The number of aryl methyl sites for hydroxylation is 1. The molecule has 0 spiro atoms. The Morgan fingerprint density at radius 3 is 3.12 bits per heavy atom. The highest BCUT2D eigenvalue weighted by Gasteiger charge is 2.20. The number of hydrogen-bond acceptors (Lipinski definition) is 3. The van der Waals surface area contributed by atoms with E-state index in [-0.39, 0.29) is 11.9 Å². The molecule has 4 nitrogen and oxygen atoms in total. The predicted octanol–water partition coefficient (Wildman–Crippen LogP) is 1.47. The second-order valence-electron chi connectivity index (χ2n) is 4.21. The standard InChI is InChI=1S/C12H17N3O/c1-9-5-7-14-11(8-9)15-12(16)10-4-2-3-6-13-10/h5,7-8,10,13H,2-4,6H2,1H3,(H,14,15,16)/t10-/m1/s1. The summed E-state index contributed by atoms with van der Waals surface area (Å²) >= 11 is 0. The minimum atomic E-state index is -0.0592. The van der Waals surface area contributed by atoms with Gasteiger partial charge < -0.3 is 10.6 Å². The zero-order chi connectivity index (χ0) is 11.4. The lowest BCUT2D eigenvalue weighted by atomic mass is 10.0. The number of aromatic nitrogens is 1. The molecule has 0 bridgehead atoms. The van der Waals surface area contributed by atoms with E-state index in [2.05, 4.69) is 15.6 Å². The first-order valence-electron chi connectivity index (χ1n) is 5.72. The number of amides is 1. The summed E-state index contributed by atoms with van der Waals surface area (Å²) in [7, 11) is 0. The fraction of sp³-hybridized carbons (Fsp3) is 0.500. The van der Waals surface area contributed by atoms with Crippen LogP contribution in [0.25, 0.3) is 0 Å². The van der Waals surface area contributed by atoms with Gasteiger partial charge in [0.05, 0.1) is 6.04 Å². The lowest BCUT2D eigenvalue weighted by Crippen LogP contribution is -2.43. The number of nitrogens with zero attached hydrogens (tertiary/aromatic N) is 1. The van der Waals surface area contributed by atoms with Gasteiger partial charge in [0.15, 0.2) is 0 Å². The predicted molar refractivity (Wildman–Crippen MR) is 63.2 cm³/mol. The second-order valence-corrected chi connectivity index (χ2v) is 4.21. The smallest absolute Gasteiger partial charge is 0.242 e. The number of carbonyl (C=O) groups excluding carboxylic acids is 1. The van der Waals surface area contributed by atoms with E-state index in [1.54, 1.807) is 6.20 Å². The number of hydrogen-bond donors (Lipinski definition) is 2. The van der Waals surface area contributed by atoms with E-state index in [9.17, 15) is 4.79 Å². The van der Waals surface area contributed by atoms with Gasteiger partial charge in [-0.05, 0) is 44.0 Å². The molecular formula is C12H17N3O. The number of carbonyl (C=O) groups is 1. The highest BCUT2D eigenvalue weighted by Crippen LogP contribution is 2.10. The lowest BCUT2D eigenvalue weighted by molar-refractivity contribution is -0.118. The fourth-order valence-corrected chi connectivity index (χ4v) is 1.89. The van der Waals surface area contributed by atoms with Crippen molar-refractivity contribution in [2.75, 3.05) is 11.9 Å². The van der Waals surface area contributed by atoms with Crippen LogP contribution in [0.4, 0.5) is 5.82 Å². The molecule has 1 aromatic rings. The Bertz CT molecular complexity index is 372. The van der Waals surface area contributed by atoms with Crippen molar-refractivity contribution < 1.29 is 4.79 Å². The molecule has 0 radical (unpaired) electrons. The number of anilines is 1. The Morgan fingerprint density at radius 2 is 2.44 bits per heavy atom. The van der Waals surface area contributed by atoms with Crippen LogP contribution in [0.3, 0.4) is 0 Å². The van der Waals surface area contributed by atoms with E-state index in [0.717, 1.165) is 31.4 Å². The zero-order valence-electron chi connectivity index (χ0n) is 9.49. The first kappa shape index (κ1) is 11.1. The third kappa shape index (κ3) is 2.79. The molecule has 1 amide bonds. The fourth-order valence-electron chi connectivity index (χ4n) is 1.89. The van der Waals surface area contributed by atoms with E-state index >= 15 is 0 Å². The number of piperidine rings is 1. The van der Waals surface area contributed by atoms with Crippen LogP contribution in [0.5, 0.6) is 0 Å². The summed E-state index contributed by atoms with van der Waals surface area (Å²) in [5.41, 5.74) is 1.10. The Labute approximate surface area is 95.5 Å². The molecule has 1 aliphatic heterocycles. The molecule has 2 rings (SSSR count). The molecule has 16 heavy (non-hydrogen) atoms. The first-order chi connectivity index (χ1) is 7.75. The van der Waals surface area contributed by atoms with Crippen LogP contribution < -0.4 is 10.6 Å². The molecule has 1 aromatic heterocycles. The topological polar surface area (TPSA) is 54.0 Å². The van der Waals surface area contributed by atoms with Crippen LogP contribution in [-0.4, -0.2) is 23.5 Å². The van der Waals surface area contributed by atoms with E-state index in [1.165, 1.54) is 0 Å². The molecule has 0 saturated carbocycles. The van der Waals surface area contributed by atoms with Crippen LogP contribution in [0.2, 0.25) is 0 Å². The largest absolute Gasteiger partial charge is 0.309 e. The Kier molecular flexibility index (Phi) is 3.51. The highest BCUT2D eigenvalue weighted by molar-refractivity contribution is 5.94. The summed E-state index contributed by atoms with van der Waals surface area (Å²) in [6, 6.07) is 3.73. The van der Waals surface area contributed by atoms with Crippen LogP contribution in [-0.2, 0) is 4.79 Å². The maximum absolute atomic E-state index is 11.9. The molecule has 1 fully saturated rings. The normalized spacial score (nSPS) is 20.4. The average Bonchev–Trinajstić information content (AvgIpc) is 2.30. The average molecular weight is 219 g/mol. The molecule has 0 aromatic carbocycles. The van der Waals surface area contributed by atoms with Gasteiger partial charge in [0, 0.05) is 6.20 Å². The minimum Gasteiger partial charge on any atom is -0.309 e. The van der Waals surface area contributed by atoms with Gasteiger partial charge in [0.25, 0.3) is 0 Å². The van der Waals surface area contributed by atoms with Gasteiger partial charge in [-0.2, -0.15) is 0 Å². The van der Waals surface area contributed by atoms with Gasteiger partial charge in [-0.1, -0.05) is 6.42 Å². The monoisotopic (exact) mass is 219 g/mol. The molecule has 0 unspecified atom stereocenters. The van der Waals surface area contributed by atoms with Gasteiger partial charge in [0.1, 0.15) is 5.82 Å². The maximum Gasteiger partial charge on any atom is 0.242 e. The molecule has 86 valence electrons. The summed E-state index contributed by atoms with van der Waals surface area (Å²) in [6.45, 7) is 2.91. The number of pyridine rings is 1. The molecule has 1 saturated heterocycles. The summed E-state index contributed by atoms with van der Waals surface area (Å²) in [5, 5.41) is 6.05. The number of rotatable bonds is 2. The first-order valence-corrected chi connectivity index (χ1v) is 5.72. The van der Waals surface area contributed by atoms with Gasteiger partial charge >= 0.3 is 0 Å². The van der Waals surface area contributed by atoms with Crippen molar-refractivity contribution in [3.8, 4) is 0 Å². The molecule has 4 heteroatoms. The van der Waals surface area contributed by atoms with Crippen LogP contribution in [0.1, 0.15) is 24.8 Å². The summed E-state index contributed by atoms with van der Waals surface area (Å²) in [5.74, 6) is 0.662. The van der Waals surface area contributed by atoms with Gasteiger partial charge in [-0.15, -0.1) is 0 Å². The van der Waals surface area contributed by atoms with Gasteiger partial charge in [-0.3, -0.25) is 4.79 Å². The SMILES string of the molecule is Cc1ccnc(NC(=O)[C@H]2CCCCN2)c1. The maximum atomic E-state index is 11.9. The van der Waals surface area contributed by atoms with Crippen molar-refractivity contribution in [1.82, 2.24) is 10.3 Å². The van der Waals surface area contributed by atoms with Crippen molar-refractivity contribution in [2.45, 2.75) is 32.2 Å². The third-order valence-electron chi connectivity index (χ3n) is 2.79. The van der Waals surface area contributed by atoms with E-state index in [0.29, 0.717) is 5.82 Å². The van der Waals surface area contributed by atoms with Crippen molar-refractivity contribution >= 4 is 11.7 Å². The molecule has 2 heterocycles. The van der Waals surface area contributed by atoms with Gasteiger partial charge in [0.2, 0.25) is 5.91 Å². The third-order valence-corrected chi connectivity index (χ3v) is 2.79. The second kappa shape index (κ2) is 5.07. The summed E-state index contributed by atoms with van der Waals surface area (Å²) in [6.07, 6.45) is 4.90. The summed E-state index contributed by atoms with van der Waals surface area (Å²) in [4.78, 5) is 16.0. The molecular weight excluding hydrogens is 202 g/mol. The van der Waals surface area contributed by atoms with E-state index in [1.807, 2.05) is 19.1 Å². The van der Waals surface area contributed by atoms with Crippen molar-refractivity contribution in [1.29, 1.82) is 0 Å². The van der Waals surface area contributed by atoms with Crippen LogP contribution in [0.15, 0.2) is 18.3 Å². The Hall–Kier alpha value is -1.42. The van der Waals surface area contributed by atoms with Crippen molar-refractivity contribution in [3.05, 3.63) is 23.9 Å². The van der Waals surface area contributed by atoms with Gasteiger partial charge in [-0.25, -0.2) is 4.98 Å². The van der Waals surface area contributed by atoms with Crippen LogP contribution >= 0.6 is 0 Å². The Morgan fingerprint density at radius 1 is 1.56 bits per heavy atom. The van der Waals surface area contributed by atoms with Crippen LogP contribution in [0, 0.1) is 6.92 Å². The Balaban J connectivity index is 1.96. The molecule has 2 N–H and O–H groups in total. The highest BCUT2D eigenvalue weighted by atomic mass is 16.2. The molecule has 1 aliphatic rings. The number of nitrogens with one attached hydrogen (secondary N) is 2. The minimum absolute atomic E-state index is 0.0257. The molecule has 1 atom stereocenters. The summed E-state index contributed by atoms with van der Waals surface area (Å²) < 4.78 is 0.